The summed E-state index contributed by atoms with van der Waals surface area (Å²) in [6.45, 7) is 5.50. The summed E-state index contributed by atoms with van der Waals surface area (Å²) >= 11 is 0. The van der Waals surface area contributed by atoms with Crippen LogP contribution in [0.4, 0.5) is 22.9 Å². The minimum atomic E-state index is -0.213. The molecule has 0 aliphatic rings. The molecule has 0 aliphatic carbocycles. The van der Waals surface area contributed by atoms with Crippen LogP contribution in [0.15, 0.2) is 60.8 Å². The second-order valence-corrected chi connectivity index (χ2v) is 6.57. The van der Waals surface area contributed by atoms with Crippen LogP contribution >= 0.6 is 0 Å². The third-order valence-corrected chi connectivity index (χ3v) is 4.25. The molecule has 2 aromatic carbocycles. The predicted octanol–water partition coefficient (Wildman–Crippen LogP) is 4.65. The van der Waals surface area contributed by atoms with Gasteiger partial charge in [0.05, 0.1) is 5.56 Å². The highest BCUT2D eigenvalue weighted by Crippen LogP contribution is 2.20. The highest BCUT2D eigenvalue weighted by atomic mass is 16.2. The van der Waals surface area contributed by atoms with E-state index in [1.54, 1.807) is 18.2 Å². The smallest absolute Gasteiger partial charge is 0.257 e. The number of carbonyl (C=O) groups is 2. The first-order valence-electron chi connectivity index (χ1n) is 8.90. The molecule has 3 aromatic rings. The molecule has 6 nitrogen and oxygen atoms in total. The molecule has 6 heteroatoms. The van der Waals surface area contributed by atoms with Gasteiger partial charge < -0.3 is 16.0 Å². The van der Waals surface area contributed by atoms with Crippen LogP contribution in [0.5, 0.6) is 0 Å². The third-order valence-electron chi connectivity index (χ3n) is 4.25. The monoisotopic (exact) mass is 374 g/mol. The van der Waals surface area contributed by atoms with Crippen molar-refractivity contribution < 1.29 is 9.59 Å². The maximum Gasteiger partial charge on any atom is 0.257 e. The van der Waals surface area contributed by atoms with Crippen molar-refractivity contribution in [1.82, 2.24) is 4.98 Å². The maximum absolute atomic E-state index is 12.4. The Labute approximate surface area is 164 Å². The standard InChI is InChI=1S/C22H22N4O2/c1-14-7-9-20(11-15(14)2)26-22(28)17-8-10-21(23-13-17)25-19-6-4-5-18(12-19)24-16(3)27/h4-13H,1-3H3,(H,23,25)(H,24,27)(H,26,28). The first-order chi connectivity index (χ1) is 13.4. The number of carbonyl (C=O) groups excluding carboxylic acids is 2. The molecule has 1 aromatic heterocycles. The lowest BCUT2D eigenvalue weighted by atomic mass is 10.1. The molecule has 0 atom stereocenters. The molecule has 3 N–H and O–H groups in total. The van der Waals surface area contributed by atoms with Gasteiger partial charge in [0.1, 0.15) is 5.82 Å². The zero-order valence-electron chi connectivity index (χ0n) is 16.0. The molecule has 3 rings (SSSR count). The molecule has 0 saturated carbocycles. The van der Waals surface area contributed by atoms with Gasteiger partial charge in [-0.15, -0.1) is 0 Å². The average molecular weight is 374 g/mol. The Hall–Kier alpha value is -3.67. The lowest BCUT2D eigenvalue weighted by Gasteiger charge is -2.10. The van der Waals surface area contributed by atoms with Gasteiger partial charge in [0, 0.05) is 30.2 Å². The Morgan fingerprint density at radius 3 is 2.25 bits per heavy atom. The molecule has 142 valence electrons. The number of amides is 2. The number of nitrogens with one attached hydrogen (secondary N) is 3. The van der Waals surface area contributed by atoms with Crippen molar-refractivity contribution >= 4 is 34.7 Å². The molecule has 0 aliphatic heterocycles. The molecule has 0 spiro atoms. The summed E-state index contributed by atoms with van der Waals surface area (Å²) in [4.78, 5) is 27.9. The van der Waals surface area contributed by atoms with Gasteiger partial charge in [-0.1, -0.05) is 12.1 Å². The molecule has 1 heterocycles. The second-order valence-electron chi connectivity index (χ2n) is 6.57. The van der Waals surface area contributed by atoms with E-state index in [4.69, 9.17) is 0 Å². The normalized spacial score (nSPS) is 10.2. The zero-order valence-corrected chi connectivity index (χ0v) is 16.0. The fourth-order valence-electron chi connectivity index (χ4n) is 2.65. The van der Waals surface area contributed by atoms with Crippen LogP contribution in [0, 0.1) is 13.8 Å². The van der Waals surface area contributed by atoms with E-state index in [9.17, 15) is 9.59 Å². The van der Waals surface area contributed by atoms with E-state index >= 15 is 0 Å². The van der Waals surface area contributed by atoms with E-state index in [1.165, 1.54) is 18.7 Å². The number of rotatable bonds is 5. The molecule has 0 unspecified atom stereocenters. The summed E-state index contributed by atoms with van der Waals surface area (Å²) in [6.07, 6.45) is 1.52. The van der Waals surface area contributed by atoms with Gasteiger partial charge in [-0.05, 0) is 67.4 Å². The molecule has 2 amide bonds. The van der Waals surface area contributed by atoms with E-state index in [0.29, 0.717) is 17.1 Å². The van der Waals surface area contributed by atoms with E-state index < -0.39 is 0 Å². The Morgan fingerprint density at radius 1 is 0.821 bits per heavy atom. The fourth-order valence-corrected chi connectivity index (χ4v) is 2.65. The van der Waals surface area contributed by atoms with Crippen molar-refractivity contribution in [1.29, 1.82) is 0 Å². The highest BCUT2D eigenvalue weighted by Gasteiger charge is 2.08. The lowest BCUT2D eigenvalue weighted by molar-refractivity contribution is -0.114. The van der Waals surface area contributed by atoms with E-state index in [-0.39, 0.29) is 11.8 Å². The molecule has 0 saturated heterocycles. The van der Waals surface area contributed by atoms with Crippen molar-refractivity contribution in [3.8, 4) is 0 Å². The number of aryl methyl sites for hydroxylation is 2. The van der Waals surface area contributed by atoms with E-state index in [2.05, 4.69) is 20.9 Å². The Bertz CT molecular complexity index is 1010. The summed E-state index contributed by atoms with van der Waals surface area (Å²) in [7, 11) is 0. The van der Waals surface area contributed by atoms with E-state index in [0.717, 1.165) is 16.9 Å². The van der Waals surface area contributed by atoms with Gasteiger partial charge >= 0.3 is 0 Å². The third kappa shape index (κ3) is 4.94. The fraction of sp³-hybridized carbons (Fsp3) is 0.136. The van der Waals surface area contributed by atoms with Gasteiger partial charge in [-0.2, -0.15) is 0 Å². The van der Waals surface area contributed by atoms with Crippen molar-refractivity contribution in [2.45, 2.75) is 20.8 Å². The molecule has 0 fully saturated rings. The SMILES string of the molecule is CC(=O)Nc1cccc(Nc2ccc(C(=O)Nc3ccc(C)c(C)c3)cn2)c1. The Morgan fingerprint density at radius 2 is 1.57 bits per heavy atom. The summed E-state index contributed by atoms with van der Waals surface area (Å²) < 4.78 is 0. The highest BCUT2D eigenvalue weighted by molar-refractivity contribution is 6.04. The van der Waals surface area contributed by atoms with Crippen LogP contribution in [-0.2, 0) is 4.79 Å². The largest absolute Gasteiger partial charge is 0.340 e. The molecule has 28 heavy (non-hydrogen) atoms. The summed E-state index contributed by atoms with van der Waals surface area (Å²) in [5.74, 6) is 0.257. The van der Waals surface area contributed by atoms with Crippen LogP contribution in [0.25, 0.3) is 0 Å². The summed E-state index contributed by atoms with van der Waals surface area (Å²) in [6, 6.07) is 16.6. The van der Waals surface area contributed by atoms with Gasteiger partial charge in [0.25, 0.3) is 5.91 Å². The molecule has 0 radical (unpaired) electrons. The quantitative estimate of drug-likeness (QED) is 0.607. The first-order valence-corrected chi connectivity index (χ1v) is 8.90. The van der Waals surface area contributed by atoms with Crippen molar-refractivity contribution in [2.75, 3.05) is 16.0 Å². The van der Waals surface area contributed by atoms with Gasteiger partial charge in [0.15, 0.2) is 0 Å². The number of aromatic nitrogens is 1. The number of anilines is 4. The first kappa shape index (κ1) is 19.1. The number of hydrogen-bond donors (Lipinski definition) is 3. The maximum atomic E-state index is 12.4. The molecule has 0 bridgehead atoms. The van der Waals surface area contributed by atoms with Gasteiger partial charge in [-0.3, -0.25) is 9.59 Å². The van der Waals surface area contributed by atoms with Crippen LogP contribution in [0.1, 0.15) is 28.4 Å². The van der Waals surface area contributed by atoms with Crippen molar-refractivity contribution in [3.05, 3.63) is 77.5 Å². The molecular weight excluding hydrogens is 352 g/mol. The number of nitrogens with zero attached hydrogens (tertiary/aromatic N) is 1. The predicted molar refractivity (Wildman–Crippen MR) is 112 cm³/mol. The zero-order chi connectivity index (χ0) is 20.1. The van der Waals surface area contributed by atoms with E-state index in [1.807, 2.05) is 50.2 Å². The lowest BCUT2D eigenvalue weighted by Crippen LogP contribution is -2.12. The van der Waals surface area contributed by atoms with Gasteiger partial charge in [0.2, 0.25) is 5.91 Å². The van der Waals surface area contributed by atoms with Crippen molar-refractivity contribution in [3.63, 3.8) is 0 Å². The van der Waals surface area contributed by atoms with Crippen molar-refractivity contribution in [2.24, 2.45) is 0 Å². The van der Waals surface area contributed by atoms with Crippen LogP contribution in [0.3, 0.4) is 0 Å². The summed E-state index contributed by atoms with van der Waals surface area (Å²) in [5.41, 5.74) is 5.00. The minimum absolute atomic E-state index is 0.130. The van der Waals surface area contributed by atoms with Crippen LogP contribution in [0.2, 0.25) is 0 Å². The minimum Gasteiger partial charge on any atom is -0.340 e. The Balaban J connectivity index is 1.66. The number of pyridine rings is 1. The van der Waals surface area contributed by atoms with Crippen LogP contribution in [-0.4, -0.2) is 16.8 Å². The number of benzene rings is 2. The number of hydrogen-bond acceptors (Lipinski definition) is 4. The van der Waals surface area contributed by atoms with Gasteiger partial charge in [-0.25, -0.2) is 4.98 Å². The topological polar surface area (TPSA) is 83.1 Å². The summed E-state index contributed by atoms with van der Waals surface area (Å²) in [5, 5.41) is 8.77. The molecular formula is C22H22N4O2. The Kier molecular flexibility index (Phi) is 5.69. The van der Waals surface area contributed by atoms with Crippen LogP contribution < -0.4 is 16.0 Å². The second kappa shape index (κ2) is 8.35. The average Bonchev–Trinajstić information content (AvgIpc) is 2.65.